The van der Waals surface area contributed by atoms with Gasteiger partial charge in [0.15, 0.2) is 0 Å². The Kier molecular flexibility index (Phi) is 3.59. The Bertz CT molecular complexity index is 630. The van der Waals surface area contributed by atoms with E-state index in [4.69, 9.17) is 5.84 Å². The first-order valence-electron chi connectivity index (χ1n) is 5.37. The van der Waals surface area contributed by atoms with E-state index in [1.165, 1.54) is 17.4 Å². The molecule has 0 unspecified atom stereocenters. The molecule has 2 aromatic heterocycles. The highest BCUT2D eigenvalue weighted by atomic mass is 32.1. The minimum atomic E-state index is -0.310. The van der Waals surface area contributed by atoms with Gasteiger partial charge in [0.25, 0.3) is 11.5 Å². The summed E-state index contributed by atoms with van der Waals surface area (Å²) in [6, 6.07) is 6.78. The van der Waals surface area contributed by atoms with E-state index in [0.717, 1.165) is 10.4 Å². The number of carbonyl (C=O) groups is 1. The average Bonchev–Trinajstić information content (AvgIpc) is 2.73. The third-order valence-corrected chi connectivity index (χ3v) is 3.71. The van der Waals surface area contributed by atoms with Crippen molar-refractivity contribution in [2.45, 2.75) is 13.5 Å². The van der Waals surface area contributed by atoms with Gasteiger partial charge in [-0.05, 0) is 24.6 Å². The standard InChI is InChI=1S/C12H13N3O2S/c1-8-9(6-10(18-8)12(17)14-13)7-15-5-3-2-4-11(15)16/h2-6H,7,13H2,1H3,(H,14,17). The summed E-state index contributed by atoms with van der Waals surface area (Å²) in [6.07, 6.45) is 1.72. The van der Waals surface area contributed by atoms with E-state index >= 15 is 0 Å². The molecule has 2 rings (SSSR count). The fourth-order valence-corrected chi connectivity index (χ4v) is 2.57. The summed E-state index contributed by atoms with van der Waals surface area (Å²) in [4.78, 5) is 24.6. The minimum absolute atomic E-state index is 0.0621. The van der Waals surface area contributed by atoms with Crippen molar-refractivity contribution in [2.75, 3.05) is 0 Å². The van der Waals surface area contributed by atoms with Crippen molar-refractivity contribution in [1.82, 2.24) is 9.99 Å². The van der Waals surface area contributed by atoms with Crippen LogP contribution in [0.2, 0.25) is 0 Å². The third kappa shape index (κ3) is 2.49. The van der Waals surface area contributed by atoms with Crippen LogP contribution in [0.1, 0.15) is 20.1 Å². The Balaban J connectivity index is 2.30. The number of carbonyl (C=O) groups excluding carboxylic acids is 1. The summed E-state index contributed by atoms with van der Waals surface area (Å²) in [7, 11) is 0. The van der Waals surface area contributed by atoms with Gasteiger partial charge < -0.3 is 4.57 Å². The Morgan fingerprint density at radius 3 is 2.94 bits per heavy atom. The first kappa shape index (κ1) is 12.5. The number of amides is 1. The normalized spacial score (nSPS) is 10.3. The molecule has 1 amide bonds. The molecule has 0 fully saturated rings. The van der Waals surface area contributed by atoms with Crippen molar-refractivity contribution < 1.29 is 4.79 Å². The first-order valence-corrected chi connectivity index (χ1v) is 6.19. The molecule has 0 atom stereocenters. The molecule has 18 heavy (non-hydrogen) atoms. The second kappa shape index (κ2) is 5.16. The summed E-state index contributed by atoms with van der Waals surface area (Å²) < 4.78 is 1.60. The molecule has 0 aliphatic rings. The molecule has 0 saturated carbocycles. The number of hydrogen-bond donors (Lipinski definition) is 2. The third-order valence-electron chi connectivity index (χ3n) is 2.62. The van der Waals surface area contributed by atoms with Crippen LogP contribution in [-0.4, -0.2) is 10.5 Å². The monoisotopic (exact) mass is 263 g/mol. The minimum Gasteiger partial charge on any atom is -0.311 e. The number of aryl methyl sites for hydroxylation is 1. The SMILES string of the molecule is Cc1sc(C(=O)NN)cc1Cn1ccccc1=O. The second-order valence-corrected chi connectivity index (χ2v) is 5.09. The molecule has 0 bridgehead atoms. The second-order valence-electron chi connectivity index (χ2n) is 3.83. The summed E-state index contributed by atoms with van der Waals surface area (Å²) in [5.74, 6) is 4.78. The van der Waals surface area contributed by atoms with Crippen LogP contribution in [0, 0.1) is 6.92 Å². The maximum Gasteiger partial charge on any atom is 0.275 e. The molecule has 3 N–H and O–H groups in total. The number of thiophene rings is 1. The van der Waals surface area contributed by atoms with Crippen molar-refractivity contribution in [3.05, 3.63) is 56.1 Å². The van der Waals surface area contributed by atoms with E-state index in [0.29, 0.717) is 11.4 Å². The van der Waals surface area contributed by atoms with Crippen LogP contribution in [0.4, 0.5) is 0 Å². The van der Waals surface area contributed by atoms with Crippen LogP contribution in [-0.2, 0) is 6.54 Å². The topological polar surface area (TPSA) is 77.1 Å². The number of nitrogens with one attached hydrogen (secondary N) is 1. The van der Waals surface area contributed by atoms with Crippen molar-refractivity contribution >= 4 is 17.2 Å². The molecule has 0 radical (unpaired) electrons. The fourth-order valence-electron chi connectivity index (χ4n) is 1.63. The molecular weight excluding hydrogens is 250 g/mol. The number of nitrogens with zero attached hydrogens (tertiary/aromatic N) is 1. The Labute approximate surface area is 108 Å². The highest BCUT2D eigenvalue weighted by molar-refractivity contribution is 7.14. The summed E-state index contributed by atoms with van der Waals surface area (Å²) in [5.41, 5.74) is 2.99. The maximum absolute atomic E-state index is 11.6. The molecule has 0 spiro atoms. The van der Waals surface area contributed by atoms with Crippen molar-refractivity contribution in [3.63, 3.8) is 0 Å². The molecule has 2 aromatic rings. The lowest BCUT2D eigenvalue weighted by atomic mass is 10.2. The lowest BCUT2D eigenvalue weighted by Gasteiger charge is -2.03. The van der Waals surface area contributed by atoms with Gasteiger partial charge in [0.1, 0.15) is 0 Å². The molecule has 5 nitrogen and oxygen atoms in total. The summed E-state index contributed by atoms with van der Waals surface area (Å²) >= 11 is 1.36. The van der Waals surface area contributed by atoms with Crippen LogP contribution >= 0.6 is 11.3 Å². The number of pyridine rings is 1. The van der Waals surface area contributed by atoms with Crippen molar-refractivity contribution in [1.29, 1.82) is 0 Å². The van der Waals surface area contributed by atoms with Gasteiger partial charge in [-0.15, -0.1) is 11.3 Å². The van der Waals surface area contributed by atoms with Crippen molar-refractivity contribution in [2.24, 2.45) is 5.84 Å². The molecule has 94 valence electrons. The van der Waals surface area contributed by atoms with Crippen LogP contribution in [0.15, 0.2) is 35.3 Å². The number of rotatable bonds is 3. The lowest BCUT2D eigenvalue weighted by molar-refractivity contribution is 0.0957. The van der Waals surface area contributed by atoms with Crippen LogP contribution in [0.3, 0.4) is 0 Å². The molecule has 0 aliphatic heterocycles. The van der Waals surface area contributed by atoms with Gasteiger partial charge in [-0.2, -0.15) is 0 Å². The van der Waals surface area contributed by atoms with E-state index in [-0.39, 0.29) is 11.5 Å². The zero-order valence-electron chi connectivity index (χ0n) is 9.84. The predicted molar refractivity (Wildman–Crippen MR) is 70.5 cm³/mol. The zero-order chi connectivity index (χ0) is 13.1. The van der Waals surface area contributed by atoms with Gasteiger partial charge in [-0.3, -0.25) is 15.0 Å². The highest BCUT2D eigenvalue weighted by Gasteiger charge is 2.11. The van der Waals surface area contributed by atoms with Gasteiger partial charge in [-0.1, -0.05) is 6.07 Å². The van der Waals surface area contributed by atoms with Crippen molar-refractivity contribution in [3.8, 4) is 0 Å². The Morgan fingerprint density at radius 1 is 1.50 bits per heavy atom. The average molecular weight is 263 g/mol. The number of aromatic nitrogens is 1. The van der Waals surface area contributed by atoms with Crippen LogP contribution < -0.4 is 16.8 Å². The van der Waals surface area contributed by atoms with Gasteiger partial charge in [0, 0.05) is 17.1 Å². The van der Waals surface area contributed by atoms with Crippen LogP contribution in [0.25, 0.3) is 0 Å². The van der Waals surface area contributed by atoms with Crippen LogP contribution in [0.5, 0.6) is 0 Å². The fraction of sp³-hybridized carbons (Fsp3) is 0.167. The molecule has 0 saturated heterocycles. The van der Waals surface area contributed by atoms with E-state index in [1.54, 1.807) is 29.0 Å². The van der Waals surface area contributed by atoms with E-state index in [2.05, 4.69) is 5.43 Å². The first-order chi connectivity index (χ1) is 8.61. The quantitative estimate of drug-likeness (QED) is 0.490. The molecule has 2 heterocycles. The molecular formula is C12H13N3O2S. The Morgan fingerprint density at radius 2 is 2.28 bits per heavy atom. The smallest absolute Gasteiger partial charge is 0.275 e. The largest absolute Gasteiger partial charge is 0.311 e. The summed E-state index contributed by atoms with van der Waals surface area (Å²) in [6.45, 7) is 2.38. The zero-order valence-corrected chi connectivity index (χ0v) is 10.7. The van der Waals surface area contributed by atoms with E-state index < -0.39 is 0 Å². The highest BCUT2D eigenvalue weighted by Crippen LogP contribution is 2.21. The number of hydrogen-bond acceptors (Lipinski definition) is 4. The van der Waals surface area contributed by atoms with Gasteiger partial charge in [0.2, 0.25) is 0 Å². The van der Waals surface area contributed by atoms with Gasteiger partial charge in [0.05, 0.1) is 11.4 Å². The van der Waals surface area contributed by atoms with Gasteiger partial charge >= 0.3 is 0 Å². The number of hydrazine groups is 1. The molecule has 0 aromatic carbocycles. The van der Waals surface area contributed by atoms with Gasteiger partial charge in [-0.25, -0.2) is 5.84 Å². The molecule has 6 heteroatoms. The summed E-state index contributed by atoms with van der Waals surface area (Å²) in [5, 5.41) is 0. The number of nitrogens with two attached hydrogens (primary N) is 1. The van der Waals surface area contributed by atoms with E-state index in [1.807, 2.05) is 6.92 Å². The predicted octanol–water partition coefficient (Wildman–Crippen LogP) is 0.870. The Hall–Kier alpha value is -1.92. The lowest BCUT2D eigenvalue weighted by Crippen LogP contribution is -2.29. The van der Waals surface area contributed by atoms with E-state index in [9.17, 15) is 9.59 Å². The maximum atomic E-state index is 11.6. The molecule has 0 aliphatic carbocycles. The number of nitrogen functional groups attached to an aromatic ring is 1.